The summed E-state index contributed by atoms with van der Waals surface area (Å²) in [7, 11) is 1.54. The molecule has 7 heteroatoms. The van der Waals surface area contributed by atoms with Crippen molar-refractivity contribution in [3.05, 3.63) is 53.3 Å². The number of benzene rings is 2. The van der Waals surface area contributed by atoms with Crippen LogP contribution in [0.15, 0.2) is 36.4 Å². The summed E-state index contributed by atoms with van der Waals surface area (Å²) >= 11 is 0. The zero-order valence-electron chi connectivity index (χ0n) is 17.1. The highest BCUT2D eigenvalue weighted by molar-refractivity contribution is 5.99. The highest BCUT2D eigenvalue weighted by Crippen LogP contribution is 2.29. The monoisotopic (exact) mass is 412 g/mol. The maximum absolute atomic E-state index is 13.9. The summed E-state index contributed by atoms with van der Waals surface area (Å²) in [6.45, 7) is 4.44. The Bertz CT molecular complexity index is 935. The number of nitrogens with zero attached hydrogens (tertiary/aromatic N) is 1. The molecule has 1 aliphatic rings. The number of amides is 1. The van der Waals surface area contributed by atoms with Gasteiger partial charge in [-0.25, -0.2) is 4.39 Å². The van der Waals surface area contributed by atoms with E-state index in [1.807, 2.05) is 11.0 Å². The SMILES string of the molecule is C#CC(C)Oc1cc(CNC(=O)c2cc(F)ccc2N2CCOCC2)ccc1OC. The second-order valence-corrected chi connectivity index (χ2v) is 6.86. The van der Waals surface area contributed by atoms with E-state index in [1.54, 1.807) is 32.2 Å². The second-order valence-electron chi connectivity index (χ2n) is 6.86. The molecule has 2 aromatic rings. The van der Waals surface area contributed by atoms with E-state index >= 15 is 0 Å². The molecular formula is C23H25FN2O4. The van der Waals surface area contributed by atoms with Crippen LogP contribution in [0.1, 0.15) is 22.8 Å². The van der Waals surface area contributed by atoms with Crippen LogP contribution in [-0.4, -0.2) is 45.4 Å². The van der Waals surface area contributed by atoms with Gasteiger partial charge in [-0.05, 0) is 42.8 Å². The normalized spacial score (nSPS) is 14.5. The lowest BCUT2D eigenvalue weighted by molar-refractivity contribution is 0.0949. The van der Waals surface area contributed by atoms with Gasteiger partial charge in [0.15, 0.2) is 17.6 Å². The fourth-order valence-electron chi connectivity index (χ4n) is 3.20. The first-order valence-electron chi connectivity index (χ1n) is 9.72. The van der Waals surface area contributed by atoms with Crippen molar-refractivity contribution in [2.45, 2.75) is 19.6 Å². The van der Waals surface area contributed by atoms with Gasteiger partial charge in [0.2, 0.25) is 0 Å². The molecule has 1 heterocycles. The van der Waals surface area contributed by atoms with Crippen LogP contribution in [0.3, 0.4) is 0 Å². The van der Waals surface area contributed by atoms with Crippen molar-refractivity contribution in [2.24, 2.45) is 0 Å². The number of anilines is 1. The first-order valence-corrected chi connectivity index (χ1v) is 9.72. The van der Waals surface area contributed by atoms with E-state index in [4.69, 9.17) is 20.6 Å². The molecule has 0 radical (unpaired) electrons. The maximum Gasteiger partial charge on any atom is 0.253 e. The van der Waals surface area contributed by atoms with Gasteiger partial charge in [-0.15, -0.1) is 6.42 Å². The van der Waals surface area contributed by atoms with Gasteiger partial charge < -0.3 is 24.4 Å². The molecule has 6 nitrogen and oxygen atoms in total. The number of halogens is 1. The van der Waals surface area contributed by atoms with Crippen molar-refractivity contribution in [3.63, 3.8) is 0 Å². The average molecular weight is 412 g/mol. The molecule has 0 saturated carbocycles. The Hall–Kier alpha value is -3.24. The summed E-state index contributed by atoms with van der Waals surface area (Å²) in [5.74, 6) is 2.73. The quantitative estimate of drug-likeness (QED) is 0.709. The summed E-state index contributed by atoms with van der Waals surface area (Å²) in [6.07, 6.45) is 4.96. The van der Waals surface area contributed by atoms with E-state index in [0.717, 1.165) is 5.56 Å². The molecule has 0 bridgehead atoms. The molecule has 2 aromatic carbocycles. The van der Waals surface area contributed by atoms with Gasteiger partial charge >= 0.3 is 0 Å². The van der Waals surface area contributed by atoms with E-state index in [9.17, 15) is 9.18 Å². The van der Waals surface area contributed by atoms with Crippen LogP contribution in [0.4, 0.5) is 10.1 Å². The molecule has 1 fully saturated rings. The van der Waals surface area contributed by atoms with E-state index in [2.05, 4.69) is 11.2 Å². The van der Waals surface area contributed by atoms with Crippen LogP contribution in [0, 0.1) is 18.2 Å². The molecule has 30 heavy (non-hydrogen) atoms. The first kappa shape index (κ1) is 21.5. The van der Waals surface area contributed by atoms with Crippen molar-refractivity contribution in [1.82, 2.24) is 5.32 Å². The minimum Gasteiger partial charge on any atom is -0.493 e. The van der Waals surface area contributed by atoms with E-state index in [1.165, 1.54) is 12.1 Å². The van der Waals surface area contributed by atoms with Gasteiger partial charge in [0.1, 0.15) is 5.82 Å². The van der Waals surface area contributed by atoms with Gasteiger partial charge in [0, 0.05) is 25.3 Å². The van der Waals surface area contributed by atoms with E-state index in [-0.39, 0.29) is 12.5 Å². The number of nitrogens with one attached hydrogen (secondary N) is 1. The molecule has 158 valence electrons. The van der Waals surface area contributed by atoms with Gasteiger partial charge in [-0.2, -0.15) is 0 Å². The number of morpholine rings is 1. The fraction of sp³-hybridized carbons (Fsp3) is 0.348. The standard InChI is InChI=1S/C23H25FN2O4/c1-4-16(2)30-22-13-17(5-8-21(22)28-3)15-25-23(27)19-14-18(24)6-7-20(19)26-9-11-29-12-10-26/h1,5-8,13-14,16H,9-12,15H2,2-3H3,(H,25,27). The first-order chi connectivity index (χ1) is 14.5. The third-order valence-corrected chi connectivity index (χ3v) is 4.77. The largest absolute Gasteiger partial charge is 0.493 e. The van der Waals surface area contributed by atoms with Crippen molar-refractivity contribution in [1.29, 1.82) is 0 Å². The Morgan fingerprint density at radius 1 is 1.27 bits per heavy atom. The minimum atomic E-state index is -0.458. The van der Waals surface area contributed by atoms with Crippen LogP contribution in [0.2, 0.25) is 0 Å². The summed E-state index contributed by atoms with van der Waals surface area (Å²) in [6, 6.07) is 9.60. The summed E-state index contributed by atoms with van der Waals surface area (Å²) in [5, 5.41) is 2.85. The molecule has 1 unspecified atom stereocenters. The molecule has 1 atom stereocenters. The topological polar surface area (TPSA) is 60.0 Å². The van der Waals surface area contributed by atoms with Crippen molar-refractivity contribution in [2.75, 3.05) is 38.3 Å². The van der Waals surface area contributed by atoms with Gasteiger partial charge in [0.25, 0.3) is 5.91 Å². The van der Waals surface area contributed by atoms with Crippen LogP contribution in [-0.2, 0) is 11.3 Å². The Balaban J connectivity index is 1.75. The second kappa shape index (κ2) is 9.99. The molecule has 3 rings (SSSR count). The molecule has 0 spiro atoms. The highest BCUT2D eigenvalue weighted by atomic mass is 19.1. The van der Waals surface area contributed by atoms with Crippen LogP contribution in [0.5, 0.6) is 11.5 Å². The number of ether oxygens (including phenoxy) is 3. The zero-order chi connectivity index (χ0) is 21.5. The van der Waals surface area contributed by atoms with Crippen molar-refractivity contribution >= 4 is 11.6 Å². The van der Waals surface area contributed by atoms with Crippen molar-refractivity contribution < 1.29 is 23.4 Å². The number of rotatable bonds is 7. The van der Waals surface area contributed by atoms with Crippen LogP contribution < -0.4 is 19.7 Å². The fourth-order valence-corrected chi connectivity index (χ4v) is 3.20. The Labute approximate surface area is 175 Å². The molecular weight excluding hydrogens is 387 g/mol. The number of methoxy groups -OCH3 is 1. The van der Waals surface area contributed by atoms with Gasteiger partial charge in [-0.3, -0.25) is 4.79 Å². The Kier molecular flexibility index (Phi) is 7.15. The minimum absolute atomic E-state index is 0.239. The summed E-state index contributed by atoms with van der Waals surface area (Å²) in [4.78, 5) is 14.9. The molecule has 1 aliphatic heterocycles. The summed E-state index contributed by atoms with van der Waals surface area (Å²) < 4.78 is 30.2. The highest BCUT2D eigenvalue weighted by Gasteiger charge is 2.20. The average Bonchev–Trinajstić information content (AvgIpc) is 2.78. The van der Waals surface area contributed by atoms with Crippen LogP contribution >= 0.6 is 0 Å². The maximum atomic E-state index is 13.9. The van der Waals surface area contributed by atoms with E-state index in [0.29, 0.717) is 49.1 Å². The van der Waals surface area contributed by atoms with Crippen LogP contribution in [0.25, 0.3) is 0 Å². The van der Waals surface area contributed by atoms with Crippen molar-refractivity contribution in [3.8, 4) is 23.8 Å². The zero-order valence-corrected chi connectivity index (χ0v) is 17.1. The molecule has 1 amide bonds. The third-order valence-electron chi connectivity index (χ3n) is 4.77. The predicted molar refractivity (Wildman–Crippen MR) is 113 cm³/mol. The number of hydrogen-bond acceptors (Lipinski definition) is 5. The number of carbonyl (C=O) groups is 1. The van der Waals surface area contributed by atoms with E-state index < -0.39 is 11.9 Å². The van der Waals surface area contributed by atoms with Gasteiger partial charge in [0.05, 0.1) is 25.9 Å². The number of hydrogen-bond donors (Lipinski definition) is 1. The number of carbonyl (C=O) groups excluding carboxylic acids is 1. The third kappa shape index (κ3) is 5.22. The predicted octanol–water partition coefficient (Wildman–Crippen LogP) is 3.00. The lowest BCUT2D eigenvalue weighted by Gasteiger charge is -2.30. The lowest BCUT2D eigenvalue weighted by atomic mass is 10.1. The molecule has 1 saturated heterocycles. The molecule has 0 aromatic heterocycles. The van der Waals surface area contributed by atoms with Gasteiger partial charge in [-0.1, -0.05) is 12.0 Å². The smallest absolute Gasteiger partial charge is 0.253 e. The number of terminal acetylenes is 1. The summed E-state index contributed by atoms with van der Waals surface area (Å²) in [5.41, 5.74) is 1.79. The Morgan fingerprint density at radius 2 is 2.03 bits per heavy atom. The molecule has 1 N–H and O–H groups in total. The lowest BCUT2D eigenvalue weighted by Crippen LogP contribution is -2.38. The Morgan fingerprint density at radius 3 is 2.73 bits per heavy atom. The molecule has 0 aliphatic carbocycles.